The summed E-state index contributed by atoms with van der Waals surface area (Å²) >= 11 is 4.86. The molecule has 68 valence electrons. The van der Waals surface area contributed by atoms with Crippen LogP contribution in [0.15, 0.2) is 33.0 Å². The second kappa shape index (κ2) is 3.93. The quantitative estimate of drug-likeness (QED) is 0.920. The van der Waals surface area contributed by atoms with E-state index in [0.717, 1.165) is 21.8 Å². The topological polar surface area (TPSA) is 38.1 Å². The van der Waals surface area contributed by atoms with Crippen molar-refractivity contribution < 1.29 is 4.42 Å². The highest BCUT2D eigenvalue weighted by Crippen LogP contribution is 2.19. The first-order valence-electron chi connectivity index (χ1n) is 3.70. The summed E-state index contributed by atoms with van der Waals surface area (Å²) < 4.78 is 5.81. The van der Waals surface area contributed by atoms with E-state index in [-0.39, 0.29) is 0 Å². The highest BCUT2D eigenvalue weighted by Gasteiger charge is 1.98. The lowest BCUT2D eigenvalue weighted by Gasteiger charge is -1.97. The minimum absolute atomic E-state index is 0.746. The highest BCUT2D eigenvalue weighted by molar-refractivity contribution is 9.10. The van der Waals surface area contributed by atoms with Crippen LogP contribution in [0.4, 0.5) is 5.13 Å². The molecule has 0 atom stereocenters. The van der Waals surface area contributed by atoms with Crippen LogP contribution in [-0.4, -0.2) is 4.98 Å². The van der Waals surface area contributed by atoms with Gasteiger partial charge in [-0.15, -0.1) is 11.3 Å². The molecule has 0 radical (unpaired) electrons. The molecule has 0 aromatic carbocycles. The molecular formula is C8H7BrN2OS. The van der Waals surface area contributed by atoms with Crippen molar-refractivity contribution in [3.05, 3.63) is 34.1 Å². The fourth-order valence-electron chi connectivity index (χ4n) is 0.906. The maximum absolute atomic E-state index is 4.94. The zero-order valence-electron chi connectivity index (χ0n) is 6.66. The van der Waals surface area contributed by atoms with Gasteiger partial charge in [0.2, 0.25) is 0 Å². The summed E-state index contributed by atoms with van der Waals surface area (Å²) in [5.41, 5.74) is 1.12. The van der Waals surface area contributed by atoms with E-state index < -0.39 is 0 Å². The van der Waals surface area contributed by atoms with Crippen LogP contribution in [0.1, 0.15) is 5.56 Å². The molecule has 0 aliphatic heterocycles. The first kappa shape index (κ1) is 8.77. The van der Waals surface area contributed by atoms with E-state index in [0.29, 0.717) is 0 Å². The molecule has 1 N–H and O–H groups in total. The predicted octanol–water partition coefficient (Wildman–Crippen LogP) is 3.11. The smallest absolute Gasteiger partial charge is 0.184 e. The molecule has 3 nitrogen and oxygen atoms in total. The third kappa shape index (κ3) is 2.32. The Morgan fingerprint density at radius 3 is 3.15 bits per heavy atom. The molecule has 0 saturated heterocycles. The van der Waals surface area contributed by atoms with Gasteiger partial charge >= 0.3 is 0 Å². The van der Waals surface area contributed by atoms with Crippen molar-refractivity contribution >= 4 is 32.4 Å². The maximum Gasteiger partial charge on any atom is 0.184 e. The van der Waals surface area contributed by atoms with Crippen LogP contribution in [0.5, 0.6) is 0 Å². The molecule has 5 heteroatoms. The molecule has 2 aromatic heterocycles. The van der Waals surface area contributed by atoms with Gasteiger partial charge in [-0.2, -0.15) is 0 Å². The summed E-state index contributed by atoms with van der Waals surface area (Å²) in [4.78, 5) is 4.20. The number of furan rings is 1. The minimum Gasteiger partial charge on any atom is -0.472 e. The van der Waals surface area contributed by atoms with Crippen LogP contribution in [0.3, 0.4) is 0 Å². The Morgan fingerprint density at radius 1 is 1.62 bits per heavy atom. The molecule has 2 heterocycles. The number of anilines is 1. The summed E-state index contributed by atoms with van der Waals surface area (Å²) in [6.45, 7) is 0.746. The molecule has 0 amide bonds. The van der Waals surface area contributed by atoms with E-state index in [1.807, 2.05) is 11.4 Å². The first-order valence-corrected chi connectivity index (χ1v) is 5.38. The molecule has 0 saturated carbocycles. The lowest BCUT2D eigenvalue weighted by atomic mass is 10.3. The number of hydrogen-bond donors (Lipinski definition) is 1. The highest BCUT2D eigenvalue weighted by atomic mass is 79.9. The molecule has 0 spiro atoms. The Morgan fingerprint density at radius 2 is 2.54 bits per heavy atom. The Labute approximate surface area is 87.9 Å². The number of hydrogen-bond acceptors (Lipinski definition) is 4. The first-order chi connectivity index (χ1) is 6.34. The maximum atomic E-state index is 4.94. The molecule has 2 aromatic rings. The summed E-state index contributed by atoms with van der Waals surface area (Å²) in [6, 6.07) is 1.93. The van der Waals surface area contributed by atoms with Crippen LogP contribution >= 0.6 is 27.3 Å². The van der Waals surface area contributed by atoms with Gasteiger partial charge in [0.05, 0.1) is 12.5 Å². The van der Waals surface area contributed by atoms with Gasteiger partial charge in [0, 0.05) is 17.5 Å². The minimum atomic E-state index is 0.746. The van der Waals surface area contributed by atoms with Crippen molar-refractivity contribution in [3.8, 4) is 0 Å². The number of thiazole rings is 1. The summed E-state index contributed by atoms with van der Waals surface area (Å²) in [7, 11) is 0. The molecule has 0 bridgehead atoms. The van der Waals surface area contributed by atoms with E-state index in [1.54, 1.807) is 23.9 Å². The Kier molecular flexibility index (Phi) is 2.65. The molecule has 13 heavy (non-hydrogen) atoms. The van der Waals surface area contributed by atoms with E-state index in [9.17, 15) is 0 Å². The fourth-order valence-corrected chi connectivity index (χ4v) is 2.05. The Bertz CT molecular complexity index is 371. The average Bonchev–Trinajstić information content (AvgIpc) is 2.71. The normalized spacial score (nSPS) is 10.2. The van der Waals surface area contributed by atoms with Gasteiger partial charge in [0.1, 0.15) is 4.60 Å². The Balaban J connectivity index is 1.93. The van der Waals surface area contributed by atoms with E-state index in [4.69, 9.17) is 4.42 Å². The van der Waals surface area contributed by atoms with Gasteiger partial charge in [-0.25, -0.2) is 4.98 Å². The molecule has 2 rings (SSSR count). The van der Waals surface area contributed by atoms with Crippen LogP contribution in [0, 0.1) is 0 Å². The lowest BCUT2D eigenvalue weighted by molar-refractivity contribution is 0.564. The number of aromatic nitrogens is 1. The number of nitrogens with zero attached hydrogens (tertiary/aromatic N) is 1. The van der Waals surface area contributed by atoms with Gasteiger partial charge in [-0.3, -0.25) is 0 Å². The Hall–Kier alpha value is -0.810. The van der Waals surface area contributed by atoms with Crippen LogP contribution in [-0.2, 0) is 6.54 Å². The van der Waals surface area contributed by atoms with Gasteiger partial charge in [-0.1, -0.05) is 0 Å². The van der Waals surface area contributed by atoms with Crippen molar-refractivity contribution in [2.75, 3.05) is 5.32 Å². The summed E-state index contributed by atoms with van der Waals surface area (Å²) in [6.07, 6.45) is 3.38. The zero-order chi connectivity index (χ0) is 9.10. The van der Waals surface area contributed by atoms with Gasteiger partial charge in [0.15, 0.2) is 5.13 Å². The van der Waals surface area contributed by atoms with Crippen molar-refractivity contribution in [1.29, 1.82) is 0 Å². The summed E-state index contributed by atoms with van der Waals surface area (Å²) in [5, 5.41) is 6.04. The van der Waals surface area contributed by atoms with Crippen molar-refractivity contribution in [2.24, 2.45) is 0 Å². The molecule has 0 unspecified atom stereocenters. The summed E-state index contributed by atoms with van der Waals surface area (Å²) in [5.74, 6) is 0. The van der Waals surface area contributed by atoms with Crippen molar-refractivity contribution in [2.45, 2.75) is 6.54 Å². The lowest BCUT2D eigenvalue weighted by Crippen LogP contribution is -1.96. The van der Waals surface area contributed by atoms with E-state index >= 15 is 0 Å². The zero-order valence-corrected chi connectivity index (χ0v) is 9.06. The monoisotopic (exact) mass is 258 g/mol. The van der Waals surface area contributed by atoms with Gasteiger partial charge in [-0.05, 0) is 22.0 Å². The number of rotatable bonds is 3. The third-order valence-corrected chi connectivity index (χ3v) is 3.01. The number of halogens is 1. The molecule has 0 fully saturated rings. The third-order valence-electron chi connectivity index (χ3n) is 1.50. The second-order valence-corrected chi connectivity index (χ2v) is 4.13. The molecule has 0 aliphatic rings. The number of nitrogens with one attached hydrogen (secondary N) is 1. The van der Waals surface area contributed by atoms with Gasteiger partial charge in [0.25, 0.3) is 0 Å². The van der Waals surface area contributed by atoms with Crippen molar-refractivity contribution in [1.82, 2.24) is 4.98 Å². The second-order valence-electron chi connectivity index (χ2n) is 2.46. The van der Waals surface area contributed by atoms with Gasteiger partial charge < -0.3 is 9.73 Å². The predicted molar refractivity (Wildman–Crippen MR) is 55.8 cm³/mol. The fraction of sp³-hybridized carbons (Fsp3) is 0.125. The van der Waals surface area contributed by atoms with Crippen molar-refractivity contribution in [3.63, 3.8) is 0 Å². The van der Waals surface area contributed by atoms with E-state index in [2.05, 4.69) is 26.2 Å². The standard InChI is InChI=1S/C8H7BrN2OS/c9-7-5-13-8(11-7)10-3-6-1-2-12-4-6/h1-2,4-5H,3H2,(H,10,11). The largest absolute Gasteiger partial charge is 0.472 e. The van der Waals surface area contributed by atoms with Crippen LogP contribution < -0.4 is 5.32 Å². The molecule has 0 aliphatic carbocycles. The average molecular weight is 259 g/mol. The molecular weight excluding hydrogens is 252 g/mol. The van der Waals surface area contributed by atoms with E-state index in [1.165, 1.54) is 0 Å². The van der Waals surface area contributed by atoms with Crippen LogP contribution in [0.2, 0.25) is 0 Å². The SMILES string of the molecule is Brc1csc(NCc2ccoc2)n1. The van der Waals surface area contributed by atoms with Crippen LogP contribution in [0.25, 0.3) is 0 Å².